The molecule has 0 aliphatic rings. The minimum absolute atomic E-state index is 0.280. The van der Waals surface area contributed by atoms with Crippen molar-refractivity contribution in [2.24, 2.45) is 0 Å². The van der Waals surface area contributed by atoms with Gasteiger partial charge in [-0.2, -0.15) is 0 Å². The van der Waals surface area contributed by atoms with Gasteiger partial charge in [-0.05, 0) is 36.5 Å². The number of carbonyl (C=O) groups excluding carboxylic acids is 1. The van der Waals surface area contributed by atoms with Crippen LogP contribution in [0.4, 0.5) is 0 Å². The molecule has 0 N–H and O–H groups in total. The Hall–Kier alpha value is -1.57. The second-order valence-corrected chi connectivity index (χ2v) is 4.36. The summed E-state index contributed by atoms with van der Waals surface area (Å²) in [5.74, 6) is 0.247. The van der Waals surface area contributed by atoms with Crippen LogP contribution in [0.2, 0.25) is 0 Å². The molecular formula is C15H20O2. The molecule has 1 aromatic rings. The Kier molecular flexibility index (Phi) is 4.95. The third-order valence-corrected chi connectivity index (χ3v) is 2.65. The molecule has 0 fully saturated rings. The van der Waals surface area contributed by atoms with Gasteiger partial charge in [0, 0.05) is 6.08 Å². The van der Waals surface area contributed by atoms with E-state index >= 15 is 0 Å². The maximum Gasteiger partial charge on any atom is 0.331 e. The Labute approximate surface area is 103 Å². The number of carbonyl (C=O) groups is 1. The third-order valence-electron chi connectivity index (χ3n) is 2.65. The van der Waals surface area contributed by atoms with Crippen molar-refractivity contribution < 1.29 is 9.53 Å². The zero-order valence-corrected chi connectivity index (χ0v) is 11.0. The van der Waals surface area contributed by atoms with Crippen molar-refractivity contribution in [1.29, 1.82) is 0 Å². The van der Waals surface area contributed by atoms with Crippen molar-refractivity contribution in [2.45, 2.75) is 33.6 Å². The monoisotopic (exact) mass is 232 g/mol. The van der Waals surface area contributed by atoms with Crippen molar-refractivity contribution in [3.63, 3.8) is 0 Å². The van der Waals surface area contributed by atoms with Crippen LogP contribution >= 0.6 is 0 Å². The summed E-state index contributed by atoms with van der Waals surface area (Å²) in [6.07, 6.45) is 1.54. The van der Waals surface area contributed by atoms with Crippen LogP contribution in [0.1, 0.15) is 44.7 Å². The molecule has 0 saturated heterocycles. The number of rotatable bonds is 4. The van der Waals surface area contributed by atoms with Crippen LogP contribution in [0, 0.1) is 0 Å². The Morgan fingerprint density at radius 3 is 2.35 bits per heavy atom. The lowest BCUT2D eigenvalue weighted by Crippen LogP contribution is -2.00. The van der Waals surface area contributed by atoms with E-state index in [-0.39, 0.29) is 5.97 Å². The van der Waals surface area contributed by atoms with Gasteiger partial charge in [-0.25, -0.2) is 4.79 Å². The molecule has 1 aromatic carbocycles. The summed E-state index contributed by atoms with van der Waals surface area (Å²) >= 11 is 0. The summed E-state index contributed by atoms with van der Waals surface area (Å²) in [5, 5.41) is 0. The summed E-state index contributed by atoms with van der Waals surface area (Å²) < 4.78 is 4.88. The highest BCUT2D eigenvalue weighted by molar-refractivity contribution is 5.90. The summed E-state index contributed by atoms with van der Waals surface area (Å²) in [7, 11) is 0. The van der Waals surface area contributed by atoms with Crippen LogP contribution < -0.4 is 0 Å². The predicted octanol–water partition coefficient (Wildman–Crippen LogP) is 3.78. The standard InChI is InChI=1S/C15H20O2/c1-5-17-15(16)10-12(4)14-8-6-13(7-9-14)11(2)3/h6-11H,5H2,1-4H3. The molecule has 2 nitrogen and oxygen atoms in total. The fourth-order valence-corrected chi connectivity index (χ4v) is 1.57. The van der Waals surface area contributed by atoms with Crippen LogP contribution in [-0.2, 0) is 9.53 Å². The van der Waals surface area contributed by atoms with E-state index in [9.17, 15) is 4.79 Å². The van der Waals surface area contributed by atoms with Crippen LogP contribution in [0.25, 0.3) is 5.57 Å². The fourth-order valence-electron chi connectivity index (χ4n) is 1.57. The van der Waals surface area contributed by atoms with Crippen molar-refractivity contribution >= 4 is 11.5 Å². The number of hydrogen-bond acceptors (Lipinski definition) is 2. The zero-order valence-electron chi connectivity index (χ0n) is 11.0. The molecule has 92 valence electrons. The van der Waals surface area contributed by atoms with E-state index in [4.69, 9.17) is 4.74 Å². The van der Waals surface area contributed by atoms with Crippen LogP contribution in [0.3, 0.4) is 0 Å². The first-order valence-electron chi connectivity index (χ1n) is 6.00. The number of allylic oxidation sites excluding steroid dienone is 1. The number of esters is 1. The van der Waals surface area contributed by atoms with Crippen LogP contribution in [0.5, 0.6) is 0 Å². The molecule has 17 heavy (non-hydrogen) atoms. The van der Waals surface area contributed by atoms with E-state index in [0.717, 1.165) is 11.1 Å². The lowest BCUT2D eigenvalue weighted by Gasteiger charge is -2.07. The average Bonchev–Trinajstić information content (AvgIpc) is 2.29. The number of benzene rings is 1. The fraction of sp³-hybridized carbons (Fsp3) is 0.400. The summed E-state index contributed by atoms with van der Waals surface area (Å²) in [5.41, 5.74) is 3.29. The summed E-state index contributed by atoms with van der Waals surface area (Å²) in [6, 6.07) is 8.28. The van der Waals surface area contributed by atoms with Crippen molar-refractivity contribution in [3.05, 3.63) is 41.5 Å². The molecule has 0 aliphatic heterocycles. The molecule has 0 spiro atoms. The third kappa shape index (κ3) is 4.06. The van der Waals surface area contributed by atoms with E-state index in [2.05, 4.69) is 26.0 Å². The van der Waals surface area contributed by atoms with Crippen LogP contribution in [0.15, 0.2) is 30.3 Å². The second-order valence-electron chi connectivity index (χ2n) is 4.36. The Bertz CT molecular complexity index is 399. The van der Waals surface area contributed by atoms with Gasteiger partial charge < -0.3 is 4.74 Å². The molecule has 0 amide bonds. The van der Waals surface area contributed by atoms with E-state index < -0.39 is 0 Å². The molecule has 0 unspecified atom stereocenters. The molecule has 0 atom stereocenters. The number of ether oxygens (including phenoxy) is 1. The first-order valence-corrected chi connectivity index (χ1v) is 6.00. The topological polar surface area (TPSA) is 26.3 Å². The molecule has 0 aliphatic carbocycles. The Morgan fingerprint density at radius 2 is 1.88 bits per heavy atom. The van der Waals surface area contributed by atoms with Gasteiger partial charge in [0.25, 0.3) is 0 Å². The maximum atomic E-state index is 11.3. The predicted molar refractivity (Wildman–Crippen MR) is 70.8 cm³/mol. The van der Waals surface area contributed by atoms with Gasteiger partial charge in [-0.3, -0.25) is 0 Å². The van der Waals surface area contributed by atoms with Gasteiger partial charge in [-0.1, -0.05) is 38.1 Å². The maximum absolute atomic E-state index is 11.3. The first-order chi connectivity index (χ1) is 8.04. The minimum Gasteiger partial charge on any atom is -0.463 e. The largest absolute Gasteiger partial charge is 0.463 e. The molecule has 0 heterocycles. The summed E-state index contributed by atoms with van der Waals surface area (Å²) in [6.45, 7) is 8.46. The molecule has 2 heteroatoms. The quantitative estimate of drug-likeness (QED) is 0.583. The van der Waals surface area contributed by atoms with E-state index in [1.54, 1.807) is 6.92 Å². The SMILES string of the molecule is CCOC(=O)C=C(C)c1ccc(C(C)C)cc1. The summed E-state index contributed by atoms with van der Waals surface area (Å²) in [4.78, 5) is 11.3. The van der Waals surface area contributed by atoms with Gasteiger partial charge in [0.2, 0.25) is 0 Å². The lowest BCUT2D eigenvalue weighted by molar-refractivity contribution is -0.137. The molecule has 1 rings (SSSR count). The van der Waals surface area contributed by atoms with Gasteiger partial charge in [0.1, 0.15) is 0 Å². The van der Waals surface area contributed by atoms with Crippen molar-refractivity contribution in [3.8, 4) is 0 Å². The molecule has 0 saturated carbocycles. The van der Waals surface area contributed by atoms with Crippen molar-refractivity contribution in [1.82, 2.24) is 0 Å². The lowest BCUT2D eigenvalue weighted by atomic mass is 9.99. The molecule has 0 aromatic heterocycles. The zero-order chi connectivity index (χ0) is 12.8. The van der Waals surface area contributed by atoms with Gasteiger partial charge >= 0.3 is 5.97 Å². The molecule has 0 radical (unpaired) electrons. The van der Waals surface area contributed by atoms with Gasteiger partial charge in [0.15, 0.2) is 0 Å². The van der Waals surface area contributed by atoms with Gasteiger partial charge in [0.05, 0.1) is 6.61 Å². The van der Waals surface area contributed by atoms with Crippen LogP contribution in [-0.4, -0.2) is 12.6 Å². The molecular weight excluding hydrogens is 212 g/mol. The van der Waals surface area contributed by atoms with E-state index in [0.29, 0.717) is 12.5 Å². The minimum atomic E-state index is -0.280. The smallest absolute Gasteiger partial charge is 0.331 e. The Balaban J connectivity index is 2.82. The Morgan fingerprint density at radius 1 is 1.29 bits per heavy atom. The number of hydrogen-bond donors (Lipinski definition) is 0. The normalized spacial score (nSPS) is 11.7. The second kappa shape index (κ2) is 6.24. The van der Waals surface area contributed by atoms with Gasteiger partial charge in [-0.15, -0.1) is 0 Å². The highest BCUT2D eigenvalue weighted by atomic mass is 16.5. The average molecular weight is 232 g/mol. The van der Waals surface area contributed by atoms with E-state index in [1.807, 2.05) is 19.1 Å². The molecule has 0 bridgehead atoms. The highest BCUT2D eigenvalue weighted by Gasteiger charge is 2.02. The van der Waals surface area contributed by atoms with E-state index in [1.165, 1.54) is 11.6 Å². The first kappa shape index (κ1) is 13.5. The highest BCUT2D eigenvalue weighted by Crippen LogP contribution is 2.19. The van der Waals surface area contributed by atoms with Crippen molar-refractivity contribution in [2.75, 3.05) is 6.61 Å².